The summed E-state index contributed by atoms with van der Waals surface area (Å²) < 4.78 is 11.5. The van der Waals surface area contributed by atoms with E-state index in [0.29, 0.717) is 0 Å². The molecule has 4 rings (SSSR count). The molecule has 0 aliphatic carbocycles. The van der Waals surface area contributed by atoms with Crippen LogP contribution in [0.1, 0.15) is 11.1 Å². The second-order valence-electron chi connectivity index (χ2n) is 7.29. The molecule has 7 heteroatoms. The molecule has 0 saturated carbocycles. The SMILES string of the molecule is COc1cc(CN2CCN(c3cnccn3)CC2)ccc1OSc1ccc(C)cc1. The van der Waals surface area contributed by atoms with Crippen molar-refractivity contribution in [2.45, 2.75) is 18.4 Å². The van der Waals surface area contributed by atoms with E-state index in [1.165, 1.54) is 23.2 Å². The summed E-state index contributed by atoms with van der Waals surface area (Å²) in [7, 11) is 1.68. The van der Waals surface area contributed by atoms with Crippen molar-refractivity contribution in [2.24, 2.45) is 0 Å². The molecule has 6 nitrogen and oxygen atoms in total. The first-order valence-electron chi connectivity index (χ1n) is 10.0. The monoisotopic (exact) mass is 422 g/mol. The van der Waals surface area contributed by atoms with Gasteiger partial charge in [-0.1, -0.05) is 23.8 Å². The number of anilines is 1. The fraction of sp³-hybridized carbons (Fsp3) is 0.304. The minimum atomic E-state index is 0.735. The lowest BCUT2D eigenvalue weighted by Gasteiger charge is -2.35. The van der Waals surface area contributed by atoms with Crippen molar-refractivity contribution in [2.75, 3.05) is 38.2 Å². The molecule has 0 bridgehead atoms. The van der Waals surface area contributed by atoms with E-state index in [4.69, 9.17) is 8.92 Å². The number of rotatable bonds is 7. The summed E-state index contributed by atoms with van der Waals surface area (Å²) in [6, 6.07) is 14.4. The Labute approximate surface area is 182 Å². The van der Waals surface area contributed by atoms with E-state index < -0.39 is 0 Å². The molecule has 0 radical (unpaired) electrons. The van der Waals surface area contributed by atoms with Gasteiger partial charge in [0, 0.05) is 50.0 Å². The lowest BCUT2D eigenvalue weighted by atomic mass is 10.1. The minimum Gasteiger partial charge on any atom is -0.493 e. The van der Waals surface area contributed by atoms with Gasteiger partial charge in [-0.05, 0) is 36.8 Å². The molecule has 0 atom stereocenters. The number of hydrogen-bond donors (Lipinski definition) is 0. The molecule has 0 unspecified atom stereocenters. The predicted molar refractivity (Wildman–Crippen MR) is 120 cm³/mol. The topological polar surface area (TPSA) is 50.7 Å². The van der Waals surface area contributed by atoms with Gasteiger partial charge in [0.05, 0.1) is 25.3 Å². The molecule has 3 aromatic rings. The van der Waals surface area contributed by atoms with E-state index in [2.05, 4.69) is 63.1 Å². The number of ether oxygens (including phenoxy) is 1. The highest BCUT2D eigenvalue weighted by Gasteiger charge is 2.19. The van der Waals surface area contributed by atoms with E-state index in [9.17, 15) is 0 Å². The minimum absolute atomic E-state index is 0.735. The predicted octanol–water partition coefficient (Wildman–Crippen LogP) is 4.20. The molecule has 2 aromatic carbocycles. The molecule has 0 spiro atoms. The van der Waals surface area contributed by atoms with Gasteiger partial charge in [-0.25, -0.2) is 4.98 Å². The smallest absolute Gasteiger partial charge is 0.179 e. The number of piperazine rings is 1. The van der Waals surface area contributed by atoms with Crippen LogP contribution in [0.25, 0.3) is 0 Å². The molecule has 1 aromatic heterocycles. The van der Waals surface area contributed by atoms with Gasteiger partial charge >= 0.3 is 0 Å². The van der Waals surface area contributed by atoms with Gasteiger partial charge in [-0.2, -0.15) is 0 Å². The fourth-order valence-electron chi connectivity index (χ4n) is 3.41. The first-order chi connectivity index (χ1) is 14.7. The Hall–Kier alpha value is -2.77. The Morgan fingerprint density at radius 2 is 1.77 bits per heavy atom. The summed E-state index contributed by atoms with van der Waals surface area (Å²) in [6.07, 6.45) is 5.28. The van der Waals surface area contributed by atoms with Gasteiger partial charge in [0.1, 0.15) is 5.82 Å². The molecule has 0 amide bonds. The quantitative estimate of drug-likeness (QED) is 0.529. The first kappa shape index (κ1) is 20.5. The number of hydrogen-bond acceptors (Lipinski definition) is 7. The Bertz CT molecular complexity index is 945. The van der Waals surface area contributed by atoms with Gasteiger partial charge < -0.3 is 13.8 Å². The van der Waals surface area contributed by atoms with Crippen LogP contribution >= 0.6 is 12.0 Å². The van der Waals surface area contributed by atoms with Gasteiger partial charge in [-0.15, -0.1) is 0 Å². The zero-order chi connectivity index (χ0) is 20.8. The molecule has 2 heterocycles. The second kappa shape index (κ2) is 9.82. The maximum Gasteiger partial charge on any atom is 0.179 e. The van der Waals surface area contributed by atoms with Gasteiger partial charge in [0.15, 0.2) is 11.5 Å². The number of benzene rings is 2. The van der Waals surface area contributed by atoms with Gasteiger partial charge in [0.2, 0.25) is 0 Å². The first-order valence-corrected chi connectivity index (χ1v) is 10.8. The number of methoxy groups -OCH3 is 1. The van der Waals surface area contributed by atoms with Crippen molar-refractivity contribution in [1.82, 2.24) is 14.9 Å². The summed E-state index contributed by atoms with van der Waals surface area (Å²) in [4.78, 5) is 14.4. The van der Waals surface area contributed by atoms with Crippen LogP contribution in [0.5, 0.6) is 11.5 Å². The highest BCUT2D eigenvalue weighted by Crippen LogP contribution is 2.33. The Balaban J connectivity index is 1.33. The summed E-state index contributed by atoms with van der Waals surface area (Å²) in [5, 5.41) is 0. The summed E-state index contributed by atoms with van der Waals surface area (Å²) in [5.74, 6) is 2.44. The average molecular weight is 423 g/mol. The number of aryl methyl sites for hydroxylation is 1. The van der Waals surface area contributed by atoms with Crippen molar-refractivity contribution in [3.05, 3.63) is 72.2 Å². The van der Waals surface area contributed by atoms with Crippen molar-refractivity contribution in [3.8, 4) is 11.5 Å². The summed E-state index contributed by atoms with van der Waals surface area (Å²) in [6.45, 7) is 6.83. The summed E-state index contributed by atoms with van der Waals surface area (Å²) in [5.41, 5.74) is 2.45. The van der Waals surface area contributed by atoms with Gasteiger partial charge in [-0.3, -0.25) is 9.88 Å². The molecule has 1 aliphatic heterocycles. The van der Waals surface area contributed by atoms with E-state index in [1.54, 1.807) is 19.5 Å². The van der Waals surface area contributed by atoms with E-state index in [0.717, 1.165) is 54.9 Å². The molecule has 1 saturated heterocycles. The standard InChI is InChI=1S/C23H26N4O2S/c1-18-3-6-20(7-4-18)30-29-21-8-5-19(15-22(21)28-2)17-26-11-13-27(14-12-26)23-16-24-9-10-25-23/h3-10,15-16H,11-14,17H2,1-2H3. The third kappa shape index (κ3) is 5.23. The van der Waals surface area contributed by atoms with Crippen molar-refractivity contribution < 1.29 is 8.92 Å². The second-order valence-corrected chi connectivity index (χ2v) is 8.10. The highest BCUT2D eigenvalue weighted by atomic mass is 32.2. The number of nitrogens with zero attached hydrogens (tertiary/aromatic N) is 4. The lowest BCUT2D eigenvalue weighted by Crippen LogP contribution is -2.46. The van der Waals surface area contributed by atoms with Crippen LogP contribution in [-0.4, -0.2) is 48.2 Å². The molecular formula is C23H26N4O2S. The summed E-state index contributed by atoms with van der Waals surface area (Å²) >= 11 is 1.34. The van der Waals surface area contributed by atoms with Crippen molar-refractivity contribution >= 4 is 17.9 Å². The highest BCUT2D eigenvalue weighted by molar-refractivity contribution is 7.95. The Morgan fingerprint density at radius 3 is 2.47 bits per heavy atom. The largest absolute Gasteiger partial charge is 0.493 e. The van der Waals surface area contributed by atoms with Crippen molar-refractivity contribution in [3.63, 3.8) is 0 Å². The van der Waals surface area contributed by atoms with Crippen LogP contribution in [-0.2, 0) is 6.54 Å². The van der Waals surface area contributed by atoms with Gasteiger partial charge in [0.25, 0.3) is 0 Å². The number of aromatic nitrogens is 2. The fourth-order valence-corrected chi connectivity index (χ4v) is 3.98. The maximum atomic E-state index is 5.92. The molecule has 0 N–H and O–H groups in total. The molecule has 156 valence electrons. The third-order valence-corrected chi connectivity index (χ3v) is 5.86. The van der Waals surface area contributed by atoms with E-state index in [-0.39, 0.29) is 0 Å². The van der Waals surface area contributed by atoms with Crippen LogP contribution in [0.3, 0.4) is 0 Å². The van der Waals surface area contributed by atoms with Crippen LogP contribution in [0.15, 0.2) is 66.0 Å². The van der Waals surface area contributed by atoms with E-state index >= 15 is 0 Å². The molecule has 30 heavy (non-hydrogen) atoms. The molecular weight excluding hydrogens is 396 g/mol. The van der Waals surface area contributed by atoms with Crippen LogP contribution < -0.4 is 13.8 Å². The Morgan fingerprint density at radius 1 is 0.967 bits per heavy atom. The zero-order valence-electron chi connectivity index (χ0n) is 17.3. The van der Waals surface area contributed by atoms with Crippen LogP contribution in [0.2, 0.25) is 0 Å². The van der Waals surface area contributed by atoms with Crippen LogP contribution in [0.4, 0.5) is 5.82 Å². The van der Waals surface area contributed by atoms with Crippen molar-refractivity contribution in [1.29, 1.82) is 0 Å². The molecule has 1 fully saturated rings. The van der Waals surface area contributed by atoms with E-state index in [1.807, 2.05) is 12.3 Å². The lowest BCUT2D eigenvalue weighted by molar-refractivity contribution is 0.249. The zero-order valence-corrected chi connectivity index (χ0v) is 18.1. The van der Waals surface area contributed by atoms with Crippen LogP contribution in [0, 0.1) is 6.92 Å². The Kier molecular flexibility index (Phi) is 6.71. The molecule has 1 aliphatic rings. The average Bonchev–Trinajstić information content (AvgIpc) is 2.80. The third-order valence-electron chi connectivity index (χ3n) is 5.13. The normalized spacial score (nSPS) is 14.5. The maximum absolute atomic E-state index is 5.92.